The van der Waals surface area contributed by atoms with Crippen LogP contribution >= 0.6 is 0 Å². The van der Waals surface area contributed by atoms with Gasteiger partial charge in [-0.15, -0.1) is 0 Å². The first-order valence-electron chi connectivity index (χ1n) is 12.9. The molecule has 0 aromatic heterocycles. The Bertz CT molecular complexity index is 601. The summed E-state index contributed by atoms with van der Waals surface area (Å²) in [5.41, 5.74) is 2.40. The smallest absolute Gasteiger partial charge is 0.00698 e. The molecule has 1 aliphatic heterocycles. The zero-order valence-corrected chi connectivity index (χ0v) is 19.1. The van der Waals surface area contributed by atoms with Crippen LogP contribution < -0.4 is 5.32 Å². The zero-order valence-electron chi connectivity index (χ0n) is 19.1. The van der Waals surface area contributed by atoms with E-state index in [1.165, 1.54) is 70.8 Å². The molecule has 0 aromatic rings. The Morgan fingerprint density at radius 1 is 1.00 bits per heavy atom. The Morgan fingerprint density at radius 2 is 1.86 bits per heavy atom. The van der Waals surface area contributed by atoms with E-state index < -0.39 is 0 Å². The second-order valence-corrected chi connectivity index (χ2v) is 12.1. The minimum absolute atomic E-state index is 0.534. The predicted molar refractivity (Wildman–Crippen MR) is 119 cm³/mol. The Kier molecular flexibility index (Phi) is 5.22. The molecule has 0 radical (unpaired) electrons. The van der Waals surface area contributed by atoms with Crippen molar-refractivity contribution in [3.63, 3.8) is 0 Å². The summed E-state index contributed by atoms with van der Waals surface area (Å²) in [4.78, 5) is 0. The third kappa shape index (κ3) is 3.05. The molecule has 28 heavy (non-hydrogen) atoms. The summed E-state index contributed by atoms with van der Waals surface area (Å²) in [5, 5.41) is 3.85. The lowest BCUT2D eigenvalue weighted by molar-refractivity contribution is 0.0687. The van der Waals surface area contributed by atoms with Gasteiger partial charge in [-0.1, -0.05) is 45.8 Å². The highest BCUT2D eigenvalue weighted by atomic mass is 14.9. The van der Waals surface area contributed by atoms with E-state index in [9.17, 15) is 0 Å². The molecule has 0 spiro atoms. The summed E-state index contributed by atoms with van der Waals surface area (Å²) in [6.07, 6.45) is 17.3. The van der Waals surface area contributed by atoms with Crippen molar-refractivity contribution in [1.29, 1.82) is 0 Å². The van der Waals surface area contributed by atoms with Crippen molar-refractivity contribution in [2.24, 2.45) is 52.8 Å². The van der Waals surface area contributed by atoms with Crippen LogP contribution in [0, 0.1) is 52.8 Å². The molecule has 5 rings (SSSR count). The van der Waals surface area contributed by atoms with Gasteiger partial charge < -0.3 is 5.32 Å². The molecular weight excluding hydrogens is 338 g/mol. The standard InChI is InChI=1S/C27H45N/c1-17-12-13-27(4)21(15-17)9-11-24-23-10-8-20(16-22-7-5-6-14-28-22)18(2)25(23)19(3)26(24)27/h9,17-20,22-26,28H,5-8,10-16H2,1-4H3/t17-,18?,19?,20?,22?,23?,24?,25?,26?,27-/m0/s1. The molecule has 5 aliphatic rings. The molecule has 1 heteroatoms. The van der Waals surface area contributed by atoms with Gasteiger partial charge in [0, 0.05) is 6.04 Å². The summed E-state index contributed by atoms with van der Waals surface area (Å²) in [7, 11) is 0. The summed E-state index contributed by atoms with van der Waals surface area (Å²) in [6, 6.07) is 0.822. The molecule has 0 aromatic carbocycles. The van der Waals surface area contributed by atoms with Gasteiger partial charge in [0.05, 0.1) is 0 Å². The average molecular weight is 384 g/mol. The fourth-order valence-electron chi connectivity index (χ4n) is 9.42. The number of hydrogen-bond donors (Lipinski definition) is 1. The number of nitrogens with one attached hydrogen (secondary N) is 1. The maximum absolute atomic E-state index is 3.85. The maximum atomic E-state index is 3.85. The van der Waals surface area contributed by atoms with E-state index in [0.29, 0.717) is 5.41 Å². The number of hydrogen-bond acceptors (Lipinski definition) is 1. The molecule has 8 unspecified atom stereocenters. The van der Waals surface area contributed by atoms with Crippen LogP contribution in [0.25, 0.3) is 0 Å². The van der Waals surface area contributed by atoms with Crippen LogP contribution in [0.2, 0.25) is 0 Å². The van der Waals surface area contributed by atoms with E-state index in [-0.39, 0.29) is 0 Å². The van der Waals surface area contributed by atoms with E-state index in [0.717, 1.165) is 53.4 Å². The molecule has 4 aliphatic carbocycles. The van der Waals surface area contributed by atoms with Crippen molar-refractivity contribution in [3.8, 4) is 0 Å². The highest BCUT2D eigenvalue weighted by Gasteiger charge is 2.59. The highest BCUT2D eigenvalue weighted by Crippen LogP contribution is 2.67. The monoisotopic (exact) mass is 383 g/mol. The molecule has 1 heterocycles. The Hall–Kier alpha value is -0.300. The maximum Gasteiger partial charge on any atom is 0.00698 e. The lowest BCUT2D eigenvalue weighted by Crippen LogP contribution is -2.41. The van der Waals surface area contributed by atoms with Gasteiger partial charge in [-0.25, -0.2) is 0 Å². The van der Waals surface area contributed by atoms with Crippen molar-refractivity contribution in [1.82, 2.24) is 5.32 Å². The summed E-state index contributed by atoms with van der Waals surface area (Å²) in [6.45, 7) is 11.8. The zero-order chi connectivity index (χ0) is 19.5. The van der Waals surface area contributed by atoms with Gasteiger partial charge in [-0.3, -0.25) is 0 Å². The van der Waals surface area contributed by atoms with Crippen molar-refractivity contribution in [2.75, 3.05) is 6.54 Å². The van der Waals surface area contributed by atoms with Crippen LogP contribution in [0.15, 0.2) is 11.6 Å². The molecular formula is C27H45N. The van der Waals surface area contributed by atoms with Gasteiger partial charge in [0.15, 0.2) is 0 Å². The van der Waals surface area contributed by atoms with E-state index in [1.54, 1.807) is 0 Å². The van der Waals surface area contributed by atoms with Gasteiger partial charge in [0.2, 0.25) is 0 Å². The van der Waals surface area contributed by atoms with Crippen LogP contribution in [0.1, 0.15) is 91.9 Å². The summed E-state index contributed by atoms with van der Waals surface area (Å²) in [5.74, 6) is 7.78. The minimum Gasteiger partial charge on any atom is -0.314 e. The lowest BCUT2D eigenvalue weighted by Gasteiger charge is -2.50. The van der Waals surface area contributed by atoms with Crippen molar-refractivity contribution < 1.29 is 0 Å². The van der Waals surface area contributed by atoms with Gasteiger partial charge in [-0.2, -0.15) is 0 Å². The molecule has 0 amide bonds. The Morgan fingerprint density at radius 3 is 2.64 bits per heavy atom. The number of rotatable bonds is 2. The van der Waals surface area contributed by atoms with Crippen molar-refractivity contribution in [2.45, 2.75) is 97.9 Å². The number of piperidine rings is 1. The van der Waals surface area contributed by atoms with Gasteiger partial charge in [0.1, 0.15) is 0 Å². The molecule has 1 nitrogen and oxygen atoms in total. The van der Waals surface area contributed by atoms with Gasteiger partial charge in [0.25, 0.3) is 0 Å². The first-order valence-corrected chi connectivity index (χ1v) is 12.9. The van der Waals surface area contributed by atoms with E-state index in [2.05, 4.69) is 39.1 Å². The topological polar surface area (TPSA) is 12.0 Å². The first-order chi connectivity index (χ1) is 13.5. The third-order valence-electron chi connectivity index (χ3n) is 10.7. The second-order valence-electron chi connectivity index (χ2n) is 12.1. The molecule has 4 fully saturated rings. The predicted octanol–water partition coefficient (Wildman–Crippen LogP) is 6.84. The molecule has 0 bridgehead atoms. The van der Waals surface area contributed by atoms with Gasteiger partial charge in [-0.05, 0) is 117 Å². The van der Waals surface area contributed by atoms with Crippen LogP contribution in [0.3, 0.4) is 0 Å². The van der Waals surface area contributed by atoms with E-state index >= 15 is 0 Å². The minimum atomic E-state index is 0.534. The summed E-state index contributed by atoms with van der Waals surface area (Å²) >= 11 is 0. The van der Waals surface area contributed by atoms with Gasteiger partial charge >= 0.3 is 0 Å². The SMILES string of the molecule is CC1C(CC2CCCCN2)CCC2C3CC=C4C[C@@H](C)CC[C@]4(C)C3C(C)C12. The fourth-order valence-corrected chi connectivity index (χ4v) is 9.42. The molecule has 1 saturated heterocycles. The average Bonchev–Trinajstić information content (AvgIpc) is 2.99. The van der Waals surface area contributed by atoms with Crippen LogP contribution in [-0.2, 0) is 0 Å². The quantitative estimate of drug-likeness (QED) is 0.515. The lowest BCUT2D eigenvalue weighted by atomic mass is 9.54. The molecule has 158 valence electrons. The largest absolute Gasteiger partial charge is 0.314 e. The van der Waals surface area contributed by atoms with E-state index in [4.69, 9.17) is 0 Å². The first kappa shape index (κ1) is 19.7. The summed E-state index contributed by atoms with van der Waals surface area (Å²) < 4.78 is 0. The van der Waals surface area contributed by atoms with Crippen molar-refractivity contribution in [3.05, 3.63) is 11.6 Å². The molecule has 3 saturated carbocycles. The van der Waals surface area contributed by atoms with Crippen LogP contribution in [0.5, 0.6) is 0 Å². The highest BCUT2D eigenvalue weighted by molar-refractivity contribution is 5.26. The van der Waals surface area contributed by atoms with Crippen molar-refractivity contribution >= 4 is 0 Å². The normalized spacial score (nSPS) is 53.7. The molecule has 10 atom stereocenters. The van der Waals surface area contributed by atoms with E-state index in [1.807, 2.05) is 5.57 Å². The van der Waals surface area contributed by atoms with Crippen LogP contribution in [0.4, 0.5) is 0 Å². The Balaban J connectivity index is 1.35. The third-order valence-corrected chi connectivity index (χ3v) is 10.7. The fraction of sp³-hybridized carbons (Fsp3) is 0.926. The number of allylic oxidation sites excluding steroid dienone is 2. The second kappa shape index (κ2) is 7.44. The molecule has 1 N–H and O–H groups in total. The van der Waals surface area contributed by atoms with Crippen LogP contribution in [-0.4, -0.2) is 12.6 Å². The number of fused-ring (bicyclic) bond motifs is 5. The Labute approximate surface area is 174 Å².